The summed E-state index contributed by atoms with van der Waals surface area (Å²) in [5.74, 6) is 0.133. The number of aryl methyl sites for hydroxylation is 1. The molecule has 0 saturated heterocycles. The molecule has 1 aromatic rings. The number of hydrogen-bond donors (Lipinski definition) is 2. The molecular weight excluding hydrogens is 142 g/mol. The number of phenols is 1. The molecule has 0 spiro atoms. The van der Waals surface area contributed by atoms with Gasteiger partial charge in [-0.2, -0.15) is 0 Å². The van der Waals surface area contributed by atoms with Crippen molar-refractivity contribution in [1.29, 1.82) is 0 Å². The molecule has 0 unspecified atom stereocenters. The van der Waals surface area contributed by atoms with Crippen molar-refractivity contribution in [2.24, 2.45) is 0 Å². The van der Waals surface area contributed by atoms with E-state index in [2.05, 4.69) is 5.32 Å². The van der Waals surface area contributed by atoms with E-state index in [0.717, 1.165) is 5.56 Å². The summed E-state index contributed by atoms with van der Waals surface area (Å²) in [6.45, 7) is 1.83. The van der Waals surface area contributed by atoms with Gasteiger partial charge in [-0.15, -0.1) is 0 Å². The zero-order valence-corrected chi connectivity index (χ0v) is 6.09. The second kappa shape index (κ2) is 3.05. The number of carbonyl (C=O) groups excluding carboxylic acids is 1. The van der Waals surface area contributed by atoms with Crippen LogP contribution in [0.1, 0.15) is 5.56 Å². The fourth-order valence-corrected chi connectivity index (χ4v) is 0.800. The highest BCUT2D eigenvalue weighted by Gasteiger charge is 1.97. The van der Waals surface area contributed by atoms with Gasteiger partial charge in [0.2, 0.25) is 0 Å². The Morgan fingerprint density at radius 2 is 2.27 bits per heavy atom. The van der Waals surface area contributed by atoms with Crippen molar-refractivity contribution in [1.82, 2.24) is 0 Å². The highest BCUT2D eigenvalue weighted by atomic mass is 16.3. The zero-order chi connectivity index (χ0) is 8.27. The third kappa shape index (κ3) is 1.70. The monoisotopic (exact) mass is 150 g/mol. The van der Waals surface area contributed by atoms with Crippen molar-refractivity contribution in [3.63, 3.8) is 0 Å². The molecule has 0 aromatic heterocycles. The average Bonchev–Trinajstić information content (AvgIpc) is 1.98. The standard InChI is InChI=1S/C8H8NO2/c1-6-2-3-7(11)4-8(6)9-5-10/h2-4,11H,1H3,(H,9,10). The lowest BCUT2D eigenvalue weighted by Crippen LogP contribution is -1.95. The highest BCUT2D eigenvalue weighted by molar-refractivity contribution is 5.74. The quantitative estimate of drug-likeness (QED) is 0.622. The number of phenolic OH excluding ortho intramolecular Hbond substituents is 1. The lowest BCUT2D eigenvalue weighted by Gasteiger charge is -2.02. The van der Waals surface area contributed by atoms with Crippen molar-refractivity contribution in [3.8, 4) is 5.75 Å². The molecule has 0 fully saturated rings. The number of anilines is 1. The molecule has 1 radical (unpaired) electrons. The van der Waals surface area contributed by atoms with Crippen LogP contribution in [0.3, 0.4) is 0 Å². The van der Waals surface area contributed by atoms with Crippen molar-refractivity contribution in [3.05, 3.63) is 23.8 Å². The molecule has 1 aromatic carbocycles. The Morgan fingerprint density at radius 1 is 1.55 bits per heavy atom. The highest BCUT2D eigenvalue weighted by Crippen LogP contribution is 2.19. The van der Waals surface area contributed by atoms with Crippen LogP contribution in [0.25, 0.3) is 0 Å². The van der Waals surface area contributed by atoms with Gasteiger partial charge >= 0.3 is 6.41 Å². The molecule has 0 atom stereocenters. The molecule has 0 aliphatic heterocycles. The molecule has 0 saturated carbocycles. The van der Waals surface area contributed by atoms with E-state index >= 15 is 0 Å². The Balaban J connectivity index is 3.01. The third-order valence-electron chi connectivity index (χ3n) is 1.41. The van der Waals surface area contributed by atoms with Gasteiger partial charge < -0.3 is 10.4 Å². The molecule has 0 aliphatic rings. The Kier molecular flexibility index (Phi) is 2.11. The van der Waals surface area contributed by atoms with Crippen LogP contribution in [-0.4, -0.2) is 11.5 Å². The van der Waals surface area contributed by atoms with Crippen LogP contribution in [0, 0.1) is 6.92 Å². The van der Waals surface area contributed by atoms with E-state index in [1.807, 2.05) is 6.92 Å². The summed E-state index contributed by atoms with van der Waals surface area (Å²) < 4.78 is 0. The molecule has 0 bridgehead atoms. The summed E-state index contributed by atoms with van der Waals surface area (Å²) in [7, 11) is 0. The first-order chi connectivity index (χ1) is 5.24. The maximum Gasteiger partial charge on any atom is 0.314 e. The lowest BCUT2D eigenvalue weighted by atomic mass is 10.2. The Bertz CT molecular complexity index is 271. The fourth-order valence-electron chi connectivity index (χ4n) is 0.800. The Morgan fingerprint density at radius 3 is 2.91 bits per heavy atom. The molecule has 57 valence electrons. The minimum Gasteiger partial charge on any atom is -0.508 e. The van der Waals surface area contributed by atoms with Gasteiger partial charge in [-0.25, -0.2) is 0 Å². The summed E-state index contributed by atoms with van der Waals surface area (Å²) in [5.41, 5.74) is 1.48. The summed E-state index contributed by atoms with van der Waals surface area (Å²) in [6.07, 6.45) is 1.54. The van der Waals surface area contributed by atoms with E-state index in [-0.39, 0.29) is 5.75 Å². The van der Waals surface area contributed by atoms with Gasteiger partial charge in [0, 0.05) is 11.8 Å². The minimum absolute atomic E-state index is 0.133. The average molecular weight is 150 g/mol. The van der Waals surface area contributed by atoms with Crippen LogP contribution >= 0.6 is 0 Å². The second-order valence-electron chi connectivity index (χ2n) is 2.23. The third-order valence-corrected chi connectivity index (χ3v) is 1.41. The van der Waals surface area contributed by atoms with Crippen LogP contribution < -0.4 is 5.32 Å². The Labute approximate surface area is 64.7 Å². The van der Waals surface area contributed by atoms with Crippen LogP contribution in [-0.2, 0) is 4.79 Å². The van der Waals surface area contributed by atoms with Crippen LogP contribution in [0.4, 0.5) is 5.69 Å². The van der Waals surface area contributed by atoms with Gasteiger partial charge in [-0.05, 0) is 18.6 Å². The van der Waals surface area contributed by atoms with Crippen LogP contribution in [0.15, 0.2) is 18.2 Å². The first-order valence-electron chi connectivity index (χ1n) is 3.17. The molecule has 1 amide bonds. The van der Waals surface area contributed by atoms with Crippen LogP contribution in [0.5, 0.6) is 5.75 Å². The summed E-state index contributed by atoms with van der Waals surface area (Å²) in [5, 5.41) is 11.3. The van der Waals surface area contributed by atoms with Crippen LogP contribution in [0.2, 0.25) is 0 Å². The SMILES string of the molecule is Cc1ccc(O)cc1N[C]=O. The number of nitrogens with one attached hydrogen (secondary N) is 1. The van der Waals surface area contributed by atoms with E-state index in [0.29, 0.717) is 5.69 Å². The molecule has 11 heavy (non-hydrogen) atoms. The molecule has 0 aliphatic carbocycles. The minimum atomic E-state index is 0.133. The van der Waals surface area contributed by atoms with Gasteiger partial charge in [0.05, 0.1) is 0 Å². The summed E-state index contributed by atoms with van der Waals surface area (Å²) in [4.78, 5) is 9.92. The van der Waals surface area contributed by atoms with Crippen molar-refractivity contribution < 1.29 is 9.90 Å². The predicted molar refractivity (Wildman–Crippen MR) is 42.2 cm³/mol. The van der Waals surface area contributed by atoms with E-state index < -0.39 is 0 Å². The number of hydrogen-bond acceptors (Lipinski definition) is 2. The summed E-state index contributed by atoms with van der Waals surface area (Å²) in [6, 6.07) is 4.75. The topological polar surface area (TPSA) is 49.3 Å². The predicted octanol–water partition coefficient (Wildman–Crippen LogP) is 1.18. The van der Waals surface area contributed by atoms with E-state index in [1.165, 1.54) is 6.07 Å². The van der Waals surface area contributed by atoms with Crippen molar-refractivity contribution in [2.75, 3.05) is 5.32 Å². The number of aromatic hydroxyl groups is 1. The lowest BCUT2D eigenvalue weighted by molar-refractivity contribution is 0.475. The number of amides is 1. The first-order valence-corrected chi connectivity index (χ1v) is 3.17. The van der Waals surface area contributed by atoms with E-state index in [4.69, 9.17) is 5.11 Å². The maximum atomic E-state index is 9.92. The van der Waals surface area contributed by atoms with E-state index in [1.54, 1.807) is 18.5 Å². The second-order valence-corrected chi connectivity index (χ2v) is 2.23. The zero-order valence-electron chi connectivity index (χ0n) is 6.09. The molecule has 1 rings (SSSR count). The van der Waals surface area contributed by atoms with Crippen molar-refractivity contribution in [2.45, 2.75) is 6.92 Å². The maximum absolute atomic E-state index is 9.92. The van der Waals surface area contributed by atoms with Gasteiger partial charge in [0.15, 0.2) is 0 Å². The van der Waals surface area contributed by atoms with E-state index in [9.17, 15) is 4.79 Å². The molecular formula is C8H8NO2. The fraction of sp³-hybridized carbons (Fsp3) is 0.125. The number of rotatable bonds is 2. The molecule has 2 N–H and O–H groups in total. The van der Waals surface area contributed by atoms with Gasteiger partial charge in [0.1, 0.15) is 5.75 Å². The smallest absolute Gasteiger partial charge is 0.314 e. The molecule has 0 heterocycles. The number of benzene rings is 1. The molecule has 3 heteroatoms. The Hall–Kier alpha value is -1.51. The van der Waals surface area contributed by atoms with Gasteiger partial charge in [-0.1, -0.05) is 6.07 Å². The summed E-state index contributed by atoms with van der Waals surface area (Å²) >= 11 is 0. The van der Waals surface area contributed by atoms with Gasteiger partial charge in [-0.3, -0.25) is 4.79 Å². The molecule has 3 nitrogen and oxygen atoms in total. The first kappa shape index (κ1) is 7.60. The van der Waals surface area contributed by atoms with Gasteiger partial charge in [0.25, 0.3) is 0 Å². The largest absolute Gasteiger partial charge is 0.508 e. The van der Waals surface area contributed by atoms with Crippen molar-refractivity contribution >= 4 is 12.1 Å². The normalized spacial score (nSPS) is 9.18.